The number of sulfonamides is 1. The van der Waals surface area contributed by atoms with Gasteiger partial charge in [0.05, 0.1) is 31.1 Å². The number of carbonyl (C=O) groups excluding carboxylic acids is 1. The summed E-state index contributed by atoms with van der Waals surface area (Å²) < 4.78 is 30.1. The molecule has 1 aromatic carbocycles. The largest absolute Gasteiger partial charge is 0.379 e. The zero-order valence-electron chi connectivity index (χ0n) is 11.9. The average Bonchev–Trinajstić information content (AvgIpc) is 2.85. The Morgan fingerprint density at radius 2 is 2.00 bits per heavy atom. The summed E-state index contributed by atoms with van der Waals surface area (Å²) >= 11 is 0. The van der Waals surface area contributed by atoms with Crippen LogP contribution in [0.2, 0.25) is 0 Å². The van der Waals surface area contributed by atoms with Crippen LogP contribution in [-0.2, 0) is 19.6 Å². The second-order valence-electron chi connectivity index (χ2n) is 4.98. The van der Waals surface area contributed by atoms with Gasteiger partial charge in [-0.1, -0.05) is 6.07 Å². The highest BCUT2D eigenvalue weighted by atomic mass is 32.2. The van der Waals surface area contributed by atoms with Crippen LogP contribution in [0, 0.1) is 5.92 Å². The number of ether oxygens (including phenoxy) is 1. The van der Waals surface area contributed by atoms with Gasteiger partial charge in [0.25, 0.3) is 0 Å². The van der Waals surface area contributed by atoms with Crippen molar-refractivity contribution in [3.63, 3.8) is 0 Å². The maximum atomic E-state index is 12.2. The van der Waals surface area contributed by atoms with Crippen molar-refractivity contribution in [1.82, 2.24) is 5.32 Å². The number of amides is 1. The van der Waals surface area contributed by atoms with Gasteiger partial charge in [0.1, 0.15) is 0 Å². The minimum Gasteiger partial charge on any atom is -0.379 e. The van der Waals surface area contributed by atoms with Crippen molar-refractivity contribution in [3.05, 3.63) is 24.3 Å². The fourth-order valence-corrected chi connectivity index (χ4v) is 2.76. The first kappa shape index (κ1) is 15.7. The normalized spacial score (nSPS) is 22.0. The van der Waals surface area contributed by atoms with Crippen LogP contribution in [0.4, 0.5) is 11.4 Å². The van der Waals surface area contributed by atoms with Crippen LogP contribution in [0.15, 0.2) is 24.3 Å². The van der Waals surface area contributed by atoms with E-state index in [0.29, 0.717) is 24.6 Å². The average molecular weight is 313 g/mol. The predicted molar refractivity (Wildman–Crippen MR) is 80.7 cm³/mol. The second-order valence-corrected chi connectivity index (χ2v) is 6.73. The number of hydrogen-bond acceptors (Lipinski definition) is 5. The molecule has 1 saturated heterocycles. The highest BCUT2D eigenvalue weighted by Gasteiger charge is 2.32. The molecule has 7 nitrogen and oxygen atoms in total. The van der Waals surface area contributed by atoms with E-state index in [4.69, 9.17) is 4.74 Å². The molecule has 0 saturated carbocycles. The highest BCUT2D eigenvalue weighted by Crippen LogP contribution is 2.19. The number of likely N-dealkylation sites (N-methyl/N-ethyl adjacent to an activating group) is 1. The standard InChI is InChI=1S/C13H19N3O4S/c1-14-12-8-20-7-11(12)13(17)15-9-4-3-5-10(6-9)16-21(2,18)19/h3-6,11-12,14,16H,7-8H2,1-2H3,(H,15,17). The van der Waals surface area contributed by atoms with Gasteiger partial charge in [-0.3, -0.25) is 9.52 Å². The third kappa shape index (κ3) is 4.42. The lowest BCUT2D eigenvalue weighted by Crippen LogP contribution is -2.39. The summed E-state index contributed by atoms with van der Waals surface area (Å²) in [5.41, 5.74) is 0.943. The summed E-state index contributed by atoms with van der Waals surface area (Å²) in [7, 11) is -1.56. The molecule has 0 radical (unpaired) electrons. The molecule has 1 aromatic rings. The van der Waals surface area contributed by atoms with Crippen LogP contribution in [-0.4, -0.2) is 46.9 Å². The van der Waals surface area contributed by atoms with Crippen LogP contribution in [0.1, 0.15) is 0 Å². The molecule has 1 fully saturated rings. The lowest BCUT2D eigenvalue weighted by Gasteiger charge is -2.16. The van der Waals surface area contributed by atoms with Gasteiger partial charge in [0.15, 0.2) is 0 Å². The fraction of sp³-hybridized carbons (Fsp3) is 0.462. The molecule has 2 atom stereocenters. The molecule has 0 bridgehead atoms. The van der Waals surface area contributed by atoms with Crippen LogP contribution < -0.4 is 15.4 Å². The van der Waals surface area contributed by atoms with Crippen molar-refractivity contribution in [2.24, 2.45) is 5.92 Å². The Morgan fingerprint density at radius 3 is 2.67 bits per heavy atom. The van der Waals surface area contributed by atoms with E-state index in [0.717, 1.165) is 6.26 Å². The zero-order chi connectivity index (χ0) is 15.5. The number of nitrogens with one attached hydrogen (secondary N) is 3. The number of rotatable bonds is 5. The smallest absolute Gasteiger partial charge is 0.231 e. The molecule has 116 valence electrons. The van der Waals surface area contributed by atoms with Gasteiger partial charge in [-0.05, 0) is 25.2 Å². The lowest BCUT2D eigenvalue weighted by atomic mass is 10.0. The minimum absolute atomic E-state index is 0.0117. The monoisotopic (exact) mass is 313 g/mol. The molecule has 8 heteroatoms. The Balaban J connectivity index is 2.06. The fourth-order valence-electron chi connectivity index (χ4n) is 2.21. The lowest BCUT2D eigenvalue weighted by molar-refractivity contribution is -0.120. The van der Waals surface area contributed by atoms with E-state index in [-0.39, 0.29) is 17.9 Å². The Labute approximate surface area is 124 Å². The van der Waals surface area contributed by atoms with Gasteiger partial charge >= 0.3 is 0 Å². The van der Waals surface area contributed by atoms with E-state index in [1.165, 1.54) is 0 Å². The SMILES string of the molecule is CNC1COCC1C(=O)Nc1cccc(NS(C)(=O)=O)c1. The van der Waals surface area contributed by atoms with Crippen LogP contribution in [0.3, 0.4) is 0 Å². The molecule has 21 heavy (non-hydrogen) atoms. The number of benzene rings is 1. The Bertz CT molecular complexity index is 618. The Kier molecular flexibility index (Phi) is 4.81. The molecule has 3 N–H and O–H groups in total. The Hall–Kier alpha value is -1.64. The molecular weight excluding hydrogens is 294 g/mol. The van der Waals surface area contributed by atoms with Crippen molar-refractivity contribution in [2.45, 2.75) is 6.04 Å². The van der Waals surface area contributed by atoms with E-state index in [1.807, 2.05) is 0 Å². The topological polar surface area (TPSA) is 96.5 Å². The van der Waals surface area contributed by atoms with Gasteiger partial charge in [-0.25, -0.2) is 8.42 Å². The Morgan fingerprint density at radius 1 is 1.29 bits per heavy atom. The molecule has 1 aliphatic rings. The van der Waals surface area contributed by atoms with E-state index >= 15 is 0 Å². The third-order valence-corrected chi connectivity index (χ3v) is 3.83. The maximum absolute atomic E-state index is 12.2. The molecule has 0 aliphatic carbocycles. The molecule has 1 amide bonds. The maximum Gasteiger partial charge on any atom is 0.231 e. The molecule has 2 rings (SSSR count). The zero-order valence-corrected chi connectivity index (χ0v) is 12.7. The van der Waals surface area contributed by atoms with Gasteiger partial charge in [0.2, 0.25) is 15.9 Å². The summed E-state index contributed by atoms with van der Waals surface area (Å²) in [4.78, 5) is 12.2. The number of hydrogen-bond donors (Lipinski definition) is 3. The van der Waals surface area contributed by atoms with Crippen LogP contribution >= 0.6 is 0 Å². The van der Waals surface area contributed by atoms with E-state index in [1.54, 1.807) is 31.3 Å². The summed E-state index contributed by atoms with van der Waals surface area (Å²) in [6.07, 6.45) is 1.08. The number of carbonyl (C=O) groups is 1. The van der Waals surface area contributed by atoms with Crippen LogP contribution in [0.5, 0.6) is 0 Å². The molecular formula is C13H19N3O4S. The summed E-state index contributed by atoms with van der Waals surface area (Å²) in [6, 6.07) is 6.55. The van der Waals surface area contributed by atoms with Crippen molar-refractivity contribution in [2.75, 3.05) is 36.6 Å². The summed E-state index contributed by atoms with van der Waals surface area (Å²) in [5, 5.41) is 5.83. The van der Waals surface area contributed by atoms with Crippen molar-refractivity contribution in [3.8, 4) is 0 Å². The van der Waals surface area contributed by atoms with E-state index < -0.39 is 10.0 Å². The molecule has 0 spiro atoms. The minimum atomic E-state index is -3.34. The van der Waals surface area contributed by atoms with Crippen molar-refractivity contribution < 1.29 is 17.9 Å². The van der Waals surface area contributed by atoms with Gasteiger partial charge in [0, 0.05) is 11.7 Å². The molecule has 1 heterocycles. The van der Waals surface area contributed by atoms with Gasteiger partial charge in [-0.2, -0.15) is 0 Å². The highest BCUT2D eigenvalue weighted by molar-refractivity contribution is 7.92. The van der Waals surface area contributed by atoms with E-state index in [9.17, 15) is 13.2 Å². The first-order chi connectivity index (χ1) is 9.89. The molecule has 1 aliphatic heterocycles. The number of anilines is 2. The van der Waals surface area contributed by atoms with E-state index in [2.05, 4.69) is 15.4 Å². The van der Waals surface area contributed by atoms with Gasteiger partial charge < -0.3 is 15.4 Å². The first-order valence-electron chi connectivity index (χ1n) is 6.53. The third-order valence-electron chi connectivity index (χ3n) is 3.22. The van der Waals surface area contributed by atoms with Crippen molar-refractivity contribution in [1.29, 1.82) is 0 Å². The summed E-state index contributed by atoms with van der Waals surface area (Å²) in [6.45, 7) is 0.878. The second kappa shape index (κ2) is 6.42. The van der Waals surface area contributed by atoms with Crippen LogP contribution in [0.25, 0.3) is 0 Å². The summed E-state index contributed by atoms with van der Waals surface area (Å²) in [5.74, 6) is -0.412. The quantitative estimate of drug-likeness (QED) is 0.723. The van der Waals surface area contributed by atoms with Crippen molar-refractivity contribution >= 4 is 27.3 Å². The van der Waals surface area contributed by atoms with Gasteiger partial charge in [-0.15, -0.1) is 0 Å². The predicted octanol–water partition coefficient (Wildman–Crippen LogP) is 0.231. The first-order valence-corrected chi connectivity index (χ1v) is 8.42. The molecule has 2 unspecified atom stereocenters. The molecule has 0 aromatic heterocycles.